The highest BCUT2D eigenvalue weighted by molar-refractivity contribution is 9.10. The highest BCUT2D eigenvalue weighted by Gasteiger charge is 1.98. The van der Waals surface area contributed by atoms with Gasteiger partial charge in [0, 0.05) is 24.2 Å². The summed E-state index contributed by atoms with van der Waals surface area (Å²) in [5.74, 6) is -0.205. The van der Waals surface area contributed by atoms with E-state index in [2.05, 4.69) is 28.2 Å². The van der Waals surface area contributed by atoms with E-state index < -0.39 is 0 Å². The maximum Gasteiger partial charge on any atom is 0.124 e. The predicted molar refractivity (Wildman–Crippen MR) is 76.2 cm³/mol. The van der Waals surface area contributed by atoms with E-state index in [0.717, 1.165) is 42.6 Å². The Balaban J connectivity index is 2.07. The Kier molecular flexibility index (Phi) is 8.22. The van der Waals surface area contributed by atoms with Gasteiger partial charge in [-0.15, -0.1) is 0 Å². The topological polar surface area (TPSA) is 21.3 Å². The van der Waals surface area contributed by atoms with Crippen molar-refractivity contribution in [1.29, 1.82) is 0 Å². The van der Waals surface area contributed by atoms with Crippen LogP contribution in [-0.4, -0.2) is 19.8 Å². The van der Waals surface area contributed by atoms with E-state index in [4.69, 9.17) is 4.74 Å². The highest BCUT2D eigenvalue weighted by atomic mass is 79.9. The minimum atomic E-state index is -0.205. The van der Waals surface area contributed by atoms with Gasteiger partial charge in [0.25, 0.3) is 0 Å². The molecule has 0 saturated carbocycles. The molecule has 0 spiro atoms. The molecule has 0 atom stereocenters. The van der Waals surface area contributed by atoms with Crippen molar-refractivity contribution in [3.63, 3.8) is 0 Å². The number of nitrogens with one attached hydrogen (secondary N) is 1. The maximum atomic E-state index is 13.1. The Labute approximate surface area is 117 Å². The maximum absolute atomic E-state index is 13.1. The van der Waals surface area contributed by atoms with Gasteiger partial charge in [-0.05, 0) is 43.1 Å². The minimum absolute atomic E-state index is 0.205. The van der Waals surface area contributed by atoms with Crippen LogP contribution in [0.2, 0.25) is 0 Å². The number of rotatable bonds is 9. The molecule has 0 amide bonds. The number of unbranched alkanes of at least 4 members (excludes halogenated alkanes) is 1. The zero-order valence-electron chi connectivity index (χ0n) is 10.8. The molecular weight excluding hydrogens is 297 g/mol. The molecule has 1 aromatic rings. The van der Waals surface area contributed by atoms with Crippen LogP contribution in [0.1, 0.15) is 31.7 Å². The Morgan fingerprint density at radius 1 is 1.22 bits per heavy atom. The molecule has 1 aromatic carbocycles. The minimum Gasteiger partial charge on any atom is -0.381 e. The smallest absolute Gasteiger partial charge is 0.124 e. The summed E-state index contributed by atoms with van der Waals surface area (Å²) in [6.45, 7) is 5.38. The van der Waals surface area contributed by atoms with Gasteiger partial charge in [0.1, 0.15) is 5.82 Å². The van der Waals surface area contributed by atoms with Crippen molar-refractivity contribution >= 4 is 15.9 Å². The lowest BCUT2D eigenvalue weighted by molar-refractivity contribution is 0.129. The van der Waals surface area contributed by atoms with E-state index in [1.807, 2.05) is 6.07 Å². The molecule has 0 heterocycles. The van der Waals surface area contributed by atoms with Crippen LogP contribution in [-0.2, 0) is 11.3 Å². The van der Waals surface area contributed by atoms with Gasteiger partial charge in [-0.25, -0.2) is 4.39 Å². The van der Waals surface area contributed by atoms with E-state index in [1.165, 1.54) is 12.5 Å². The van der Waals surface area contributed by atoms with Gasteiger partial charge in [0.05, 0.1) is 0 Å². The van der Waals surface area contributed by atoms with Crippen molar-refractivity contribution in [1.82, 2.24) is 5.32 Å². The molecule has 0 aromatic heterocycles. The molecule has 0 aliphatic heterocycles. The van der Waals surface area contributed by atoms with Gasteiger partial charge in [0.2, 0.25) is 0 Å². The molecule has 2 nitrogen and oxygen atoms in total. The van der Waals surface area contributed by atoms with Crippen LogP contribution in [0.5, 0.6) is 0 Å². The molecule has 1 rings (SSSR count). The van der Waals surface area contributed by atoms with Crippen molar-refractivity contribution in [2.24, 2.45) is 0 Å². The van der Waals surface area contributed by atoms with Crippen LogP contribution >= 0.6 is 15.9 Å². The average Bonchev–Trinajstić information content (AvgIpc) is 2.31. The van der Waals surface area contributed by atoms with Crippen molar-refractivity contribution in [3.8, 4) is 0 Å². The third-order valence-corrected chi connectivity index (χ3v) is 2.99. The first-order valence-electron chi connectivity index (χ1n) is 6.46. The van der Waals surface area contributed by atoms with Gasteiger partial charge < -0.3 is 10.1 Å². The van der Waals surface area contributed by atoms with Gasteiger partial charge in [0.15, 0.2) is 0 Å². The molecular formula is C14H21BrFNO. The zero-order valence-corrected chi connectivity index (χ0v) is 12.4. The van der Waals surface area contributed by atoms with Crippen molar-refractivity contribution < 1.29 is 9.13 Å². The number of halogens is 2. The molecule has 0 bridgehead atoms. The summed E-state index contributed by atoms with van der Waals surface area (Å²) in [5, 5.41) is 3.28. The van der Waals surface area contributed by atoms with Crippen LogP contribution in [0.3, 0.4) is 0 Å². The number of hydrogen-bond acceptors (Lipinski definition) is 2. The molecule has 0 fully saturated rings. The summed E-state index contributed by atoms with van der Waals surface area (Å²) in [4.78, 5) is 0. The monoisotopic (exact) mass is 317 g/mol. The normalized spacial score (nSPS) is 10.8. The van der Waals surface area contributed by atoms with Crippen molar-refractivity contribution in [2.75, 3.05) is 19.8 Å². The molecule has 0 aliphatic carbocycles. The van der Waals surface area contributed by atoms with Crippen LogP contribution in [0, 0.1) is 5.82 Å². The fraction of sp³-hybridized carbons (Fsp3) is 0.571. The lowest BCUT2D eigenvalue weighted by Gasteiger charge is -2.06. The summed E-state index contributed by atoms with van der Waals surface area (Å²) in [6.07, 6.45) is 3.29. The molecule has 18 heavy (non-hydrogen) atoms. The van der Waals surface area contributed by atoms with Crippen molar-refractivity contribution in [2.45, 2.75) is 32.7 Å². The number of hydrogen-bond donors (Lipinski definition) is 1. The van der Waals surface area contributed by atoms with E-state index in [1.54, 1.807) is 6.07 Å². The van der Waals surface area contributed by atoms with Crippen LogP contribution in [0.4, 0.5) is 4.39 Å². The molecule has 0 saturated heterocycles. The number of ether oxygens (including phenoxy) is 1. The second-order valence-electron chi connectivity index (χ2n) is 4.27. The van der Waals surface area contributed by atoms with E-state index in [9.17, 15) is 4.39 Å². The predicted octanol–water partition coefficient (Wildman–Crippen LogP) is 3.88. The molecule has 0 aliphatic rings. The summed E-state index contributed by atoms with van der Waals surface area (Å²) in [6, 6.07) is 4.94. The Morgan fingerprint density at radius 3 is 2.72 bits per heavy atom. The van der Waals surface area contributed by atoms with Crippen molar-refractivity contribution in [3.05, 3.63) is 34.1 Å². The van der Waals surface area contributed by atoms with E-state index >= 15 is 0 Å². The van der Waals surface area contributed by atoms with Gasteiger partial charge in [-0.2, -0.15) is 0 Å². The van der Waals surface area contributed by atoms with Gasteiger partial charge >= 0.3 is 0 Å². The van der Waals surface area contributed by atoms with E-state index in [0.29, 0.717) is 6.54 Å². The van der Waals surface area contributed by atoms with E-state index in [-0.39, 0.29) is 5.82 Å². The first kappa shape index (κ1) is 15.6. The Bertz CT molecular complexity index is 326. The largest absolute Gasteiger partial charge is 0.381 e. The summed E-state index contributed by atoms with van der Waals surface area (Å²) in [7, 11) is 0. The third kappa shape index (κ3) is 7.09. The quantitative estimate of drug-likeness (QED) is 0.698. The SMILES string of the molecule is CCCCOCCCNCc1cc(F)cc(Br)c1. The molecule has 0 radical (unpaired) electrons. The third-order valence-electron chi connectivity index (χ3n) is 2.54. The summed E-state index contributed by atoms with van der Waals surface area (Å²) in [5.41, 5.74) is 0.953. The summed E-state index contributed by atoms with van der Waals surface area (Å²) >= 11 is 3.28. The lowest BCUT2D eigenvalue weighted by atomic mass is 10.2. The molecule has 1 N–H and O–H groups in total. The van der Waals surface area contributed by atoms with Crippen LogP contribution < -0.4 is 5.32 Å². The van der Waals surface area contributed by atoms with Crippen LogP contribution in [0.15, 0.2) is 22.7 Å². The van der Waals surface area contributed by atoms with Gasteiger partial charge in [-0.3, -0.25) is 0 Å². The zero-order chi connectivity index (χ0) is 13.2. The van der Waals surface area contributed by atoms with Gasteiger partial charge in [-0.1, -0.05) is 29.3 Å². The average molecular weight is 318 g/mol. The number of benzene rings is 1. The highest BCUT2D eigenvalue weighted by Crippen LogP contribution is 2.14. The fourth-order valence-corrected chi connectivity index (χ4v) is 2.11. The Morgan fingerprint density at radius 2 is 2.00 bits per heavy atom. The lowest BCUT2D eigenvalue weighted by Crippen LogP contribution is -2.16. The molecule has 4 heteroatoms. The second kappa shape index (κ2) is 9.48. The summed E-state index contributed by atoms with van der Waals surface area (Å²) < 4.78 is 19.3. The fourth-order valence-electron chi connectivity index (χ4n) is 1.59. The second-order valence-corrected chi connectivity index (χ2v) is 5.19. The standard InChI is InChI=1S/C14H21BrFNO/c1-2-3-6-18-7-4-5-17-11-12-8-13(15)10-14(16)9-12/h8-10,17H,2-7,11H2,1H3. The molecule has 102 valence electrons. The Hall–Kier alpha value is -0.450. The first-order valence-corrected chi connectivity index (χ1v) is 7.25. The van der Waals surface area contributed by atoms with Crippen LogP contribution in [0.25, 0.3) is 0 Å². The first-order chi connectivity index (χ1) is 8.72. The molecule has 0 unspecified atom stereocenters.